The molecule has 18 heavy (non-hydrogen) atoms. The average molecular weight is 253 g/mol. The molecular formula is C14H14F3N. The van der Waals surface area contributed by atoms with Gasteiger partial charge in [-0.2, -0.15) is 13.2 Å². The third-order valence-corrected chi connectivity index (χ3v) is 3.91. The Labute approximate surface area is 104 Å². The first-order valence-corrected chi connectivity index (χ1v) is 6.09. The summed E-state index contributed by atoms with van der Waals surface area (Å²) >= 11 is 0. The second kappa shape index (κ2) is 3.85. The Balaban J connectivity index is 1.84. The smallest absolute Gasteiger partial charge is 0.315 e. The summed E-state index contributed by atoms with van der Waals surface area (Å²) in [6.45, 7) is 1.99. The van der Waals surface area contributed by atoms with Crippen LogP contribution in [0.4, 0.5) is 13.2 Å². The summed E-state index contributed by atoms with van der Waals surface area (Å²) in [5, 5.41) is 3.25. The molecule has 1 nitrogen and oxygen atoms in total. The van der Waals surface area contributed by atoms with Crippen LogP contribution in [0.5, 0.6) is 0 Å². The molecule has 0 aromatic heterocycles. The molecule has 0 atom stereocenters. The molecule has 1 N–H and O–H groups in total. The summed E-state index contributed by atoms with van der Waals surface area (Å²) in [6, 6.07) is 5.50. The lowest BCUT2D eigenvalue weighted by atomic mass is 9.82. The van der Waals surface area contributed by atoms with Gasteiger partial charge in [0.2, 0.25) is 0 Å². The number of halogens is 3. The van der Waals surface area contributed by atoms with E-state index >= 15 is 0 Å². The van der Waals surface area contributed by atoms with Crippen LogP contribution in [-0.4, -0.2) is 13.1 Å². The molecule has 0 amide bonds. The first kappa shape index (κ1) is 11.8. The highest BCUT2D eigenvalue weighted by molar-refractivity contribution is 5.69. The van der Waals surface area contributed by atoms with Crippen molar-refractivity contribution in [3.8, 4) is 0 Å². The third kappa shape index (κ3) is 1.94. The van der Waals surface area contributed by atoms with E-state index in [1.807, 2.05) is 0 Å². The van der Waals surface area contributed by atoms with Crippen LogP contribution in [0.25, 0.3) is 5.57 Å². The Morgan fingerprint density at radius 2 is 1.72 bits per heavy atom. The van der Waals surface area contributed by atoms with E-state index in [4.69, 9.17) is 0 Å². The van der Waals surface area contributed by atoms with Crippen molar-refractivity contribution in [2.24, 2.45) is 5.41 Å². The summed E-state index contributed by atoms with van der Waals surface area (Å²) in [6.07, 6.45) is 0.0667. The fourth-order valence-corrected chi connectivity index (χ4v) is 2.72. The highest BCUT2D eigenvalue weighted by atomic mass is 19.4. The van der Waals surface area contributed by atoms with E-state index in [1.165, 1.54) is 17.7 Å². The van der Waals surface area contributed by atoms with Gasteiger partial charge >= 0.3 is 6.18 Å². The van der Waals surface area contributed by atoms with Gasteiger partial charge in [0.1, 0.15) is 0 Å². The molecule has 1 heterocycles. The van der Waals surface area contributed by atoms with Gasteiger partial charge in [-0.25, -0.2) is 0 Å². The topological polar surface area (TPSA) is 12.0 Å². The van der Waals surface area contributed by atoms with Gasteiger partial charge in [-0.05, 0) is 36.1 Å². The van der Waals surface area contributed by atoms with E-state index in [0.29, 0.717) is 0 Å². The van der Waals surface area contributed by atoms with E-state index in [-0.39, 0.29) is 5.41 Å². The van der Waals surface area contributed by atoms with Gasteiger partial charge < -0.3 is 5.32 Å². The highest BCUT2D eigenvalue weighted by Crippen LogP contribution is 2.43. The van der Waals surface area contributed by atoms with Gasteiger partial charge in [-0.3, -0.25) is 0 Å². The van der Waals surface area contributed by atoms with Gasteiger partial charge in [0.25, 0.3) is 0 Å². The molecule has 2 aliphatic rings. The van der Waals surface area contributed by atoms with Gasteiger partial charge in [-0.15, -0.1) is 0 Å². The summed E-state index contributed by atoms with van der Waals surface area (Å²) in [7, 11) is 0. The Bertz CT molecular complexity index is 481. The van der Waals surface area contributed by atoms with Crippen LogP contribution in [0.1, 0.15) is 24.0 Å². The molecule has 1 spiro atoms. The number of alkyl halides is 3. The molecule has 0 saturated carbocycles. The molecule has 1 aliphatic carbocycles. The third-order valence-electron chi connectivity index (χ3n) is 3.91. The van der Waals surface area contributed by atoms with Crippen molar-refractivity contribution < 1.29 is 13.2 Å². The number of allylic oxidation sites excluding steroid dienone is 1. The Morgan fingerprint density at radius 1 is 1.06 bits per heavy atom. The average Bonchev–Trinajstić information content (AvgIpc) is 2.73. The van der Waals surface area contributed by atoms with Crippen LogP contribution in [0, 0.1) is 5.41 Å². The second-order valence-corrected chi connectivity index (χ2v) is 5.21. The van der Waals surface area contributed by atoms with Crippen LogP contribution in [0.15, 0.2) is 30.3 Å². The zero-order valence-corrected chi connectivity index (χ0v) is 9.85. The lowest BCUT2D eigenvalue weighted by Gasteiger charge is -2.37. The summed E-state index contributed by atoms with van der Waals surface area (Å²) < 4.78 is 37.4. The first-order chi connectivity index (χ1) is 8.49. The quantitative estimate of drug-likeness (QED) is 0.808. The molecule has 0 radical (unpaired) electrons. The minimum absolute atomic E-state index is 0.276. The van der Waals surface area contributed by atoms with Crippen molar-refractivity contribution in [1.82, 2.24) is 5.32 Å². The van der Waals surface area contributed by atoms with Gasteiger partial charge in [0, 0.05) is 18.5 Å². The largest absolute Gasteiger partial charge is 0.416 e. The normalized spacial score (nSPS) is 21.8. The molecular weight excluding hydrogens is 239 g/mol. The number of hydrogen-bond acceptors (Lipinski definition) is 1. The van der Waals surface area contributed by atoms with Crippen LogP contribution in [0.2, 0.25) is 0 Å². The van der Waals surface area contributed by atoms with Gasteiger partial charge in [0.15, 0.2) is 0 Å². The van der Waals surface area contributed by atoms with Crippen LogP contribution in [0.3, 0.4) is 0 Å². The van der Waals surface area contributed by atoms with E-state index in [1.54, 1.807) is 12.1 Å². The lowest BCUT2D eigenvalue weighted by molar-refractivity contribution is -0.137. The van der Waals surface area contributed by atoms with E-state index in [2.05, 4.69) is 11.4 Å². The van der Waals surface area contributed by atoms with E-state index < -0.39 is 11.7 Å². The fraction of sp³-hybridized carbons (Fsp3) is 0.429. The van der Waals surface area contributed by atoms with Crippen molar-refractivity contribution in [2.45, 2.75) is 19.0 Å². The highest BCUT2D eigenvalue weighted by Gasteiger charge is 2.38. The van der Waals surface area contributed by atoms with Crippen molar-refractivity contribution in [3.63, 3.8) is 0 Å². The van der Waals surface area contributed by atoms with Crippen LogP contribution in [-0.2, 0) is 6.18 Å². The molecule has 1 aromatic carbocycles. The van der Waals surface area contributed by atoms with Gasteiger partial charge in [-0.1, -0.05) is 18.2 Å². The molecule has 1 aromatic rings. The Kier molecular flexibility index (Phi) is 2.52. The van der Waals surface area contributed by atoms with Gasteiger partial charge in [0.05, 0.1) is 5.56 Å². The predicted octanol–water partition coefficient (Wildman–Crippen LogP) is 3.47. The monoisotopic (exact) mass is 253 g/mol. The standard InChI is InChI=1S/C14H14F3N/c15-14(16,17)12-3-1-10(2-4-12)11-5-6-13(7-11)8-18-9-13/h1-4,7,18H,5-6,8-9H2. The lowest BCUT2D eigenvalue weighted by Crippen LogP contribution is -2.50. The Hall–Kier alpha value is -1.29. The van der Waals surface area contributed by atoms with E-state index in [0.717, 1.165) is 31.5 Å². The molecule has 1 aliphatic heterocycles. The Morgan fingerprint density at radius 3 is 2.17 bits per heavy atom. The summed E-state index contributed by atoms with van der Waals surface area (Å²) in [5.41, 5.74) is 1.81. The molecule has 96 valence electrons. The van der Waals surface area contributed by atoms with Crippen LogP contribution >= 0.6 is 0 Å². The molecule has 0 bridgehead atoms. The molecule has 4 heteroatoms. The number of nitrogens with one attached hydrogen (secondary N) is 1. The van der Waals surface area contributed by atoms with Crippen molar-refractivity contribution in [3.05, 3.63) is 41.5 Å². The number of benzene rings is 1. The van der Waals surface area contributed by atoms with Crippen LogP contribution < -0.4 is 5.32 Å². The molecule has 1 saturated heterocycles. The molecule has 1 fully saturated rings. The SMILES string of the molecule is FC(F)(F)c1ccc(C2=CC3(CC2)CNC3)cc1. The second-order valence-electron chi connectivity index (χ2n) is 5.21. The first-order valence-electron chi connectivity index (χ1n) is 6.09. The zero-order valence-electron chi connectivity index (χ0n) is 9.85. The summed E-state index contributed by atoms with van der Waals surface area (Å²) in [4.78, 5) is 0. The van der Waals surface area contributed by atoms with Crippen molar-refractivity contribution in [1.29, 1.82) is 0 Å². The minimum Gasteiger partial charge on any atom is -0.315 e. The molecule has 0 unspecified atom stereocenters. The minimum atomic E-state index is -4.25. The maximum absolute atomic E-state index is 12.5. The zero-order chi connectivity index (χ0) is 12.8. The number of rotatable bonds is 1. The molecule has 3 rings (SSSR count). The fourth-order valence-electron chi connectivity index (χ4n) is 2.72. The maximum Gasteiger partial charge on any atom is 0.416 e. The van der Waals surface area contributed by atoms with E-state index in [9.17, 15) is 13.2 Å². The number of hydrogen-bond donors (Lipinski definition) is 1. The maximum atomic E-state index is 12.5. The van der Waals surface area contributed by atoms with Crippen molar-refractivity contribution >= 4 is 5.57 Å². The van der Waals surface area contributed by atoms with Crippen molar-refractivity contribution in [2.75, 3.05) is 13.1 Å². The predicted molar refractivity (Wildman–Crippen MR) is 64.0 cm³/mol. The summed E-state index contributed by atoms with van der Waals surface area (Å²) in [5.74, 6) is 0.